The van der Waals surface area contributed by atoms with Gasteiger partial charge < -0.3 is 4.74 Å². The zero-order chi connectivity index (χ0) is 24.5. The van der Waals surface area contributed by atoms with Gasteiger partial charge in [-0.1, -0.05) is 36.3 Å². The Morgan fingerprint density at radius 3 is 1.55 bits per heavy atom. The van der Waals surface area contributed by atoms with Crippen LogP contribution in [0.4, 0.5) is 0 Å². The summed E-state index contributed by atoms with van der Waals surface area (Å²) in [5.74, 6) is 4.66. The molecule has 0 aliphatic carbocycles. The smallest absolute Gasteiger partial charge is 0 e. The van der Waals surface area contributed by atoms with Crippen molar-refractivity contribution in [2.24, 2.45) is 0 Å². The summed E-state index contributed by atoms with van der Waals surface area (Å²) in [5.41, 5.74) is 0.566. The van der Waals surface area contributed by atoms with Crippen molar-refractivity contribution in [3.8, 4) is 11.8 Å². The van der Waals surface area contributed by atoms with Crippen LogP contribution in [-0.4, -0.2) is 18.4 Å². The number of hydrogen-bond donors (Lipinski definition) is 0. The van der Waals surface area contributed by atoms with Gasteiger partial charge in [-0.3, -0.25) is 9.59 Å². The van der Waals surface area contributed by atoms with E-state index in [1.165, 1.54) is 0 Å². The van der Waals surface area contributed by atoms with Crippen LogP contribution in [0, 0.1) is 51.7 Å². The van der Waals surface area contributed by atoms with Gasteiger partial charge in [0.15, 0.2) is 0 Å². The van der Waals surface area contributed by atoms with Crippen molar-refractivity contribution in [1.29, 1.82) is 0 Å². The maximum absolute atomic E-state index is 11.5. The monoisotopic (exact) mass is 516 g/mol. The number of benzene rings is 1. The number of ketones is 1. The van der Waals surface area contributed by atoms with Gasteiger partial charge >= 0.3 is 73.8 Å². The van der Waals surface area contributed by atoms with Crippen molar-refractivity contribution in [1.82, 2.24) is 0 Å². The third-order valence-electron chi connectivity index (χ3n) is 2.00. The minimum atomic E-state index is -0.283. The molecule has 0 spiro atoms. The second kappa shape index (κ2) is 63.1. The number of esters is 1. The molecular formula is C20H14Co2O9. The molecular weight excluding hydrogens is 502 g/mol. The van der Waals surface area contributed by atoms with Crippen LogP contribution in [0.5, 0.6) is 0 Å². The van der Waals surface area contributed by atoms with E-state index in [2.05, 4.69) is 51.7 Å². The zero-order valence-electron chi connectivity index (χ0n) is 15.8. The van der Waals surface area contributed by atoms with Gasteiger partial charge in [0.1, 0.15) is 0 Å². The van der Waals surface area contributed by atoms with E-state index in [-0.39, 0.29) is 51.7 Å². The molecule has 9 nitrogen and oxygen atoms in total. The van der Waals surface area contributed by atoms with E-state index in [1.54, 1.807) is 31.2 Å². The predicted molar refractivity (Wildman–Crippen MR) is 88.0 cm³/mol. The molecule has 2 radical (unpaired) electrons. The number of carbonyl (C=O) groups is 2. The first kappa shape index (κ1) is 51.2. The molecule has 0 saturated carbocycles. The molecule has 0 bridgehead atoms. The van der Waals surface area contributed by atoms with E-state index < -0.39 is 0 Å². The van der Waals surface area contributed by atoms with Gasteiger partial charge in [0.2, 0.25) is 5.78 Å². The van der Waals surface area contributed by atoms with Crippen LogP contribution in [0.2, 0.25) is 0 Å². The molecule has 0 aliphatic rings. The topological polar surface area (TPSA) is 163 Å². The van der Waals surface area contributed by atoms with Crippen LogP contribution in [0.15, 0.2) is 30.3 Å². The maximum atomic E-state index is 11.5. The Balaban J connectivity index is -0.0000000545. The number of hydrogen-bond acceptors (Lipinski definition) is 3. The zero-order valence-corrected chi connectivity index (χ0v) is 17.9. The molecule has 0 aliphatic heterocycles. The SMILES string of the molecule is CCOC(=O)CCC#CC(=O)c1ccccc1.[C-]#[O+].[C-]#[O+].[C-]#[O+].[C-]#[O+].[C-]#[O+].[C-]#[O+].[Co].[Co]. The average molecular weight is 516 g/mol. The summed E-state index contributed by atoms with van der Waals surface area (Å²) in [7, 11) is 0. The first-order valence-corrected chi connectivity index (χ1v) is 6.70. The molecule has 166 valence electrons. The quantitative estimate of drug-likeness (QED) is 0.150. The predicted octanol–water partition coefficient (Wildman–Crippen LogP) is 1.99. The van der Waals surface area contributed by atoms with Crippen molar-refractivity contribution in [2.45, 2.75) is 19.8 Å². The van der Waals surface area contributed by atoms with Gasteiger partial charge in [-0.25, -0.2) is 0 Å². The van der Waals surface area contributed by atoms with Gasteiger partial charge in [-0.05, 0) is 12.8 Å². The van der Waals surface area contributed by atoms with Crippen molar-refractivity contribution in [3.05, 3.63) is 75.8 Å². The van der Waals surface area contributed by atoms with Gasteiger partial charge in [-0.15, -0.1) is 0 Å². The van der Waals surface area contributed by atoms with Gasteiger partial charge in [0, 0.05) is 45.5 Å². The minimum Gasteiger partial charge on any atom is 0 e. The van der Waals surface area contributed by atoms with E-state index in [9.17, 15) is 9.59 Å². The van der Waals surface area contributed by atoms with Crippen LogP contribution in [0.1, 0.15) is 30.1 Å². The van der Waals surface area contributed by atoms with E-state index in [0.717, 1.165) is 0 Å². The van der Waals surface area contributed by atoms with Gasteiger partial charge in [0.05, 0.1) is 13.0 Å². The van der Waals surface area contributed by atoms with E-state index in [1.807, 2.05) is 6.07 Å². The standard InChI is InChI=1S/C14H14O3.6CO.2Co/c1-2-17-14(16)11-7-6-10-13(15)12-8-4-3-5-9-12;6*1-2;;/h3-5,8-9H,2,7,11H2,1H3;;;;;;;;. The Bertz CT molecular complexity index is 645. The van der Waals surface area contributed by atoms with Crippen molar-refractivity contribution >= 4 is 11.8 Å². The van der Waals surface area contributed by atoms with Crippen LogP contribution in [0.25, 0.3) is 0 Å². The second-order valence-electron chi connectivity index (χ2n) is 3.30. The Labute approximate surface area is 201 Å². The molecule has 0 saturated heterocycles. The number of carbonyl (C=O) groups excluding carboxylic acids is 2. The molecule has 31 heavy (non-hydrogen) atoms. The molecule has 0 amide bonds. The molecule has 1 aromatic rings. The fourth-order valence-corrected chi connectivity index (χ4v) is 1.20. The molecule has 0 unspecified atom stereocenters. The number of rotatable bonds is 4. The summed E-state index contributed by atoms with van der Waals surface area (Å²) in [6.07, 6.45) is 0.570. The summed E-state index contributed by atoms with van der Waals surface area (Å²) < 4.78 is 49.7. The number of Topliss-reactive ketones (excluding diaryl/α,β-unsaturated/α-hetero) is 1. The van der Waals surface area contributed by atoms with Crippen molar-refractivity contribution in [2.75, 3.05) is 6.61 Å². The molecule has 0 fully saturated rings. The molecule has 0 aromatic heterocycles. The van der Waals surface area contributed by atoms with Crippen LogP contribution < -0.4 is 0 Å². The average Bonchev–Trinajstić information content (AvgIpc) is 2.85. The summed E-state index contributed by atoms with van der Waals surface area (Å²) >= 11 is 0. The Kier molecular flexibility index (Phi) is 104. The molecule has 11 heteroatoms. The summed E-state index contributed by atoms with van der Waals surface area (Å²) in [5, 5.41) is 0. The van der Waals surface area contributed by atoms with Crippen molar-refractivity contribution < 1.29 is 75.8 Å². The largest absolute Gasteiger partial charge is 0 e. The molecule has 0 N–H and O–H groups in total. The normalized spacial score (nSPS) is 5.32. The first-order chi connectivity index (χ1) is 14.2. The molecule has 1 aromatic carbocycles. The fraction of sp³-hybridized carbons (Fsp3) is 0.200. The molecule has 0 heterocycles. The van der Waals surface area contributed by atoms with Gasteiger partial charge in [-0.2, -0.15) is 0 Å². The van der Waals surface area contributed by atoms with Crippen LogP contribution >= 0.6 is 0 Å². The fourth-order valence-electron chi connectivity index (χ4n) is 1.20. The summed E-state index contributed by atoms with van der Waals surface area (Å²) in [6.45, 7) is 29.1. The minimum absolute atomic E-state index is 0. The Morgan fingerprint density at radius 2 is 1.19 bits per heavy atom. The first-order valence-electron chi connectivity index (χ1n) is 6.70. The van der Waals surface area contributed by atoms with Crippen molar-refractivity contribution in [3.63, 3.8) is 0 Å². The molecule has 0 atom stereocenters. The van der Waals surface area contributed by atoms with E-state index in [4.69, 9.17) is 32.6 Å². The Hall–Kier alpha value is -2.63. The Morgan fingerprint density at radius 1 is 0.806 bits per heavy atom. The van der Waals surface area contributed by atoms with Crippen LogP contribution in [-0.2, 0) is 71.0 Å². The van der Waals surface area contributed by atoms with E-state index in [0.29, 0.717) is 18.6 Å². The third kappa shape index (κ3) is 47.0. The second-order valence-corrected chi connectivity index (χ2v) is 3.30. The molecule has 1 rings (SSSR count). The summed E-state index contributed by atoms with van der Waals surface area (Å²) in [6, 6.07) is 8.83. The third-order valence-corrected chi connectivity index (χ3v) is 2.00. The van der Waals surface area contributed by atoms with E-state index >= 15 is 0 Å². The maximum Gasteiger partial charge on any atom is 0 e. The number of ether oxygens (including phenoxy) is 1. The summed E-state index contributed by atoms with van der Waals surface area (Å²) in [4.78, 5) is 22.5. The van der Waals surface area contributed by atoms with Crippen LogP contribution in [0.3, 0.4) is 0 Å². The van der Waals surface area contributed by atoms with Gasteiger partial charge in [0.25, 0.3) is 0 Å².